The van der Waals surface area contributed by atoms with Crippen LogP contribution in [0.1, 0.15) is 90.9 Å². The lowest BCUT2D eigenvalue weighted by Gasteiger charge is -2.25. The number of fused-ring (bicyclic) bond motifs is 6. The van der Waals surface area contributed by atoms with E-state index in [0.29, 0.717) is 0 Å². The van der Waals surface area contributed by atoms with Crippen molar-refractivity contribution in [1.29, 1.82) is 0 Å². The van der Waals surface area contributed by atoms with Crippen LogP contribution in [0.4, 0.5) is 34.1 Å². The van der Waals surface area contributed by atoms with E-state index in [9.17, 15) is 0 Å². The van der Waals surface area contributed by atoms with Crippen molar-refractivity contribution >= 4 is 77.7 Å². The van der Waals surface area contributed by atoms with Gasteiger partial charge in [0.05, 0.1) is 0 Å². The third kappa shape index (κ3) is 10.2. The summed E-state index contributed by atoms with van der Waals surface area (Å²) < 4.78 is 5.30. The fourth-order valence-electron chi connectivity index (χ4n) is 11.4. The molecule has 0 aliphatic carbocycles. The summed E-state index contributed by atoms with van der Waals surface area (Å²) >= 11 is 0. The molecule has 0 unspecified atom stereocenters. The quantitative estimate of drug-likeness (QED) is 0.0629. The summed E-state index contributed by atoms with van der Waals surface area (Å²) in [5.41, 5.74) is 17.1. The maximum atomic E-state index is 2.65. The molecule has 0 spiro atoms. The molecule has 0 N–H and O–H groups in total. The van der Waals surface area contributed by atoms with E-state index < -0.39 is 0 Å². The lowest BCUT2D eigenvalue weighted by molar-refractivity contribution is 0.570. The second kappa shape index (κ2) is 22.9. The Morgan fingerprint density at radius 2 is 0.541 bits per heavy atom. The Labute approximate surface area is 439 Å². The standard InChI is InChI=1S/C70H70N4/c1-3-5-7-9-11-25-47-71-67-45-39-55(53-35-41-61(42-36-53)73(57-27-17-13-18-28-57)58-29-19-14-20-30-58)49-63(67)65-52-70-66(51-69(65)71)64-50-56(40-46-68(64)72(70)48-26-12-10-8-6-4-2)54-37-43-62(44-38-54)74(59-31-21-15-22-32-59)60-33-23-16-24-34-60/h13-24,27-46,49-52H,3-12,25-26,47-48H2,1-2H3. The van der Waals surface area contributed by atoms with Crippen LogP contribution in [0.15, 0.2) is 218 Å². The van der Waals surface area contributed by atoms with Gasteiger partial charge in [0.25, 0.3) is 0 Å². The van der Waals surface area contributed by atoms with Crippen LogP contribution in [0.2, 0.25) is 0 Å². The number of benzene rings is 9. The highest BCUT2D eigenvalue weighted by Crippen LogP contribution is 2.42. The number of nitrogens with zero attached hydrogens (tertiary/aromatic N) is 4. The topological polar surface area (TPSA) is 16.3 Å². The highest BCUT2D eigenvalue weighted by molar-refractivity contribution is 6.19. The van der Waals surface area contributed by atoms with E-state index in [1.165, 1.54) is 143 Å². The van der Waals surface area contributed by atoms with Crippen molar-refractivity contribution in [2.24, 2.45) is 0 Å². The number of anilines is 6. The minimum absolute atomic E-state index is 1.01. The summed E-state index contributed by atoms with van der Waals surface area (Å²) in [6.07, 6.45) is 15.3. The Morgan fingerprint density at radius 1 is 0.257 bits per heavy atom. The van der Waals surface area contributed by atoms with Crippen molar-refractivity contribution in [3.8, 4) is 22.3 Å². The smallest absolute Gasteiger partial charge is 0.0499 e. The molecule has 0 bridgehead atoms. The monoisotopic (exact) mass is 967 g/mol. The summed E-state index contributed by atoms with van der Waals surface area (Å²) in [5.74, 6) is 0. The van der Waals surface area contributed by atoms with Crippen LogP contribution in [0.5, 0.6) is 0 Å². The number of aryl methyl sites for hydroxylation is 2. The maximum Gasteiger partial charge on any atom is 0.0499 e. The molecule has 0 aliphatic heterocycles. The Hall–Kier alpha value is -7.82. The second-order valence-electron chi connectivity index (χ2n) is 20.3. The van der Waals surface area contributed by atoms with Crippen molar-refractivity contribution in [2.75, 3.05) is 9.80 Å². The molecule has 0 radical (unpaired) electrons. The van der Waals surface area contributed by atoms with E-state index in [1.807, 2.05) is 0 Å². The minimum Gasteiger partial charge on any atom is -0.340 e. The van der Waals surface area contributed by atoms with Crippen molar-refractivity contribution in [3.05, 3.63) is 218 Å². The molecule has 0 fully saturated rings. The van der Waals surface area contributed by atoms with Gasteiger partial charge < -0.3 is 18.9 Å². The largest absolute Gasteiger partial charge is 0.340 e. The summed E-state index contributed by atoms with van der Waals surface area (Å²) in [5, 5.41) is 5.37. The lowest BCUT2D eigenvalue weighted by Crippen LogP contribution is -2.09. The zero-order valence-corrected chi connectivity index (χ0v) is 43.5. The first-order valence-electron chi connectivity index (χ1n) is 27.7. The molecule has 74 heavy (non-hydrogen) atoms. The molecule has 11 rings (SSSR count). The maximum absolute atomic E-state index is 2.65. The first-order chi connectivity index (χ1) is 36.7. The zero-order valence-electron chi connectivity index (χ0n) is 43.5. The molecule has 0 saturated carbocycles. The zero-order chi connectivity index (χ0) is 50.1. The molecular formula is C70H70N4. The van der Waals surface area contributed by atoms with Gasteiger partial charge in [-0.15, -0.1) is 0 Å². The molecule has 0 amide bonds. The molecule has 0 atom stereocenters. The van der Waals surface area contributed by atoms with Gasteiger partial charge in [0.15, 0.2) is 0 Å². The third-order valence-corrected chi connectivity index (χ3v) is 15.3. The Balaban J connectivity index is 1.00. The average Bonchev–Trinajstić information content (AvgIpc) is 3.93. The van der Waals surface area contributed by atoms with E-state index in [2.05, 4.69) is 251 Å². The molecule has 0 aliphatic rings. The first-order valence-corrected chi connectivity index (χ1v) is 27.7. The highest BCUT2D eigenvalue weighted by Gasteiger charge is 2.20. The summed E-state index contributed by atoms with van der Waals surface area (Å²) in [7, 11) is 0. The summed E-state index contributed by atoms with van der Waals surface area (Å²) in [4.78, 5) is 4.67. The number of hydrogen-bond acceptors (Lipinski definition) is 2. The van der Waals surface area contributed by atoms with Crippen LogP contribution in [0.3, 0.4) is 0 Å². The van der Waals surface area contributed by atoms with Gasteiger partial charge >= 0.3 is 0 Å². The minimum atomic E-state index is 1.01. The van der Waals surface area contributed by atoms with Crippen LogP contribution in [0.25, 0.3) is 65.9 Å². The normalized spacial score (nSPS) is 11.6. The molecule has 370 valence electrons. The second-order valence-corrected chi connectivity index (χ2v) is 20.3. The SMILES string of the molecule is CCCCCCCCn1c2ccc(-c3ccc(N(c4ccccc4)c4ccccc4)cc3)cc2c2cc3c(cc21)c1cc(-c2ccc(N(c4ccccc4)c4ccccc4)cc2)ccc1n3CCCCCCCC. The van der Waals surface area contributed by atoms with Crippen molar-refractivity contribution in [2.45, 2.75) is 104 Å². The van der Waals surface area contributed by atoms with Crippen molar-refractivity contribution in [1.82, 2.24) is 9.13 Å². The van der Waals surface area contributed by atoms with E-state index in [1.54, 1.807) is 0 Å². The molecule has 0 saturated heterocycles. The van der Waals surface area contributed by atoms with Gasteiger partial charge in [-0.2, -0.15) is 0 Å². The molecule has 2 heterocycles. The summed E-state index contributed by atoms with van der Waals surface area (Å²) in [6.45, 7) is 6.64. The fourth-order valence-corrected chi connectivity index (χ4v) is 11.4. The average molecular weight is 967 g/mol. The molecule has 4 heteroatoms. The molecule has 4 nitrogen and oxygen atoms in total. The van der Waals surface area contributed by atoms with Crippen molar-refractivity contribution < 1.29 is 0 Å². The lowest BCUT2D eigenvalue weighted by atomic mass is 10.0. The van der Waals surface area contributed by atoms with Gasteiger partial charge in [-0.1, -0.05) is 187 Å². The molecule has 11 aromatic rings. The number of para-hydroxylation sites is 4. The van der Waals surface area contributed by atoms with Gasteiger partial charge in [0.2, 0.25) is 0 Å². The van der Waals surface area contributed by atoms with E-state index in [4.69, 9.17) is 0 Å². The van der Waals surface area contributed by atoms with Gasteiger partial charge in [-0.25, -0.2) is 0 Å². The Kier molecular flexibility index (Phi) is 15.0. The van der Waals surface area contributed by atoms with E-state index in [0.717, 1.165) is 47.2 Å². The number of rotatable bonds is 22. The van der Waals surface area contributed by atoms with Gasteiger partial charge in [0.1, 0.15) is 0 Å². The van der Waals surface area contributed by atoms with Gasteiger partial charge in [0, 0.05) is 90.8 Å². The predicted molar refractivity (Wildman–Crippen MR) is 319 cm³/mol. The number of hydrogen-bond donors (Lipinski definition) is 0. The van der Waals surface area contributed by atoms with Crippen LogP contribution < -0.4 is 9.80 Å². The van der Waals surface area contributed by atoms with E-state index >= 15 is 0 Å². The Morgan fingerprint density at radius 3 is 0.878 bits per heavy atom. The third-order valence-electron chi connectivity index (χ3n) is 15.3. The fraction of sp³-hybridized carbons (Fsp3) is 0.229. The summed E-state index contributed by atoms with van der Waals surface area (Å²) in [6, 6.07) is 80.6. The van der Waals surface area contributed by atoms with Gasteiger partial charge in [-0.05, 0) is 144 Å². The molecule has 2 aromatic heterocycles. The molecule has 9 aromatic carbocycles. The molecular weight excluding hydrogens is 897 g/mol. The van der Waals surface area contributed by atoms with Crippen LogP contribution in [-0.4, -0.2) is 9.13 Å². The Bertz CT molecular complexity index is 3240. The van der Waals surface area contributed by atoms with E-state index in [-0.39, 0.29) is 0 Å². The van der Waals surface area contributed by atoms with Crippen LogP contribution in [-0.2, 0) is 13.1 Å². The number of aromatic nitrogens is 2. The van der Waals surface area contributed by atoms with Crippen molar-refractivity contribution in [3.63, 3.8) is 0 Å². The number of unbranched alkanes of at least 4 members (excludes halogenated alkanes) is 10. The van der Waals surface area contributed by atoms with Gasteiger partial charge in [-0.3, -0.25) is 0 Å². The van der Waals surface area contributed by atoms with Crippen LogP contribution >= 0.6 is 0 Å². The van der Waals surface area contributed by atoms with Crippen LogP contribution in [0, 0.1) is 0 Å². The predicted octanol–water partition coefficient (Wildman–Crippen LogP) is 20.9. The first kappa shape index (κ1) is 48.4. The highest BCUT2D eigenvalue weighted by atomic mass is 15.1.